The fourth-order valence-corrected chi connectivity index (χ4v) is 8.57. The molecular formula is C60H48F6. The number of hydrogen-bond acceptors (Lipinski definition) is 0. The van der Waals surface area contributed by atoms with Gasteiger partial charge in [0.05, 0.1) is 0 Å². The Morgan fingerprint density at radius 2 is 0.409 bits per heavy atom. The lowest BCUT2D eigenvalue weighted by molar-refractivity contribution is 0.565. The number of rotatable bonds is 9. The Morgan fingerprint density at radius 3 is 0.667 bits per heavy atom. The molecule has 9 aromatic rings. The van der Waals surface area contributed by atoms with Crippen molar-refractivity contribution < 1.29 is 26.3 Å². The first-order valence-corrected chi connectivity index (χ1v) is 21.6. The molecule has 0 aromatic heterocycles. The van der Waals surface area contributed by atoms with Crippen molar-refractivity contribution in [1.29, 1.82) is 0 Å². The van der Waals surface area contributed by atoms with Gasteiger partial charge in [-0.1, -0.05) is 170 Å². The van der Waals surface area contributed by atoms with Crippen molar-refractivity contribution >= 4 is 0 Å². The molecule has 0 nitrogen and oxygen atoms in total. The number of benzene rings is 9. The molecule has 0 aliphatic rings. The minimum Gasteiger partial charge on any atom is -0.207 e. The molecule has 330 valence electrons. The highest BCUT2D eigenvalue weighted by Gasteiger charge is 2.34. The minimum absolute atomic E-state index is 0.265. The second-order valence-corrected chi connectivity index (χ2v) is 16.5. The third-order valence-corrected chi connectivity index (χ3v) is 12.6. The van der Waals surface area contributed by atoms with E-state index in [2.05, 4.69) is 13.8 Å². The molecule has 0 spiro atoms. The van der Waals surface area contributed by atoms with E-state index in [4.69, 9.17) is 0 Å². The summed E-state index contributed by atoms with van der Waals surface area (Å²) >= 11 is 0. The van der Waals surface area contributed by atoms with Gasteiger partial charge < -0.3 is 0 Å². The SMILES string of the molecule is CC(c1ccccc1)(c1ccc(F)cc1)c1ccc(F)cc1.CC(c1ccccc1)(c1ccc(F)cc1)c1ccc(F)cc1.CC(c1ccccc1)(c1ccc(F)cc1)c1ccccc1F. The van der Waals surface area contributed by atoms with Gasteiger partial charge in [-0.25, -0.2) is 26.3 Å². The Morgan fingerprint density at radius 1 is 0.212 bits per heavy atom. The summed E-state index contributed by atoms with van der Waals surface area (Å²) in [6.07, 6.45) is 0. The molecule has 0 aliphatic carbocycles. The second kappa shape index (κ2) is 20.6. The van der Waals surface area contributed by atoms with Crippen molar-refractivity contribution in [3.8, 4) is 0 Å². The van der Waals surface area contributed by atoms with E-state index in [0.717, 1.165) is 44.5 Å². The molecule has 0 heterocycles. The van der Waals surface area contributed by atoms with Crippen LogP contribution in [0.1, 0.15) is 70.8 Å². The lowest BCUT2D eigenvalue weighted by Gasteiger charge is -2.32. The van der Waals surface area contributed by atoms with Crippen LogP contribution in [0.25, 0.3) is 0 Å². The van der Waals surface area contributed by atoms with Gasteiger partial charge in [-0.3, -0.25) is 0 Å². The van der Waals surface area contributed by atoms with Crippen LogP contribution in [0.2, 0.25) is 0 Å². The van der Waals surface area contributed by atoms with Crippen LogP contribution in [0, 0.1) is 34.9 Å². The summed E-state index contributed by atoms with van der Waals surface area (Å²) in [5.74, 6) is -1.63. The molecule has 0 fully saturated rings. The highest BCUT2D eigenvalue weighted by Crippen LogP contribution is 2.42. The molecular weight excluding hydrogens is 835 g/mol. The Kier molecular flexibility index (Phi) is 14.5. The lowest BCUT2D eigenvalue weighted by Crippen LogP contribution is -2.26. The highest BCUT2D eigenvalue weighted by atomic mass is 19.1. The van der Waals surface area contributed by atoms with E-state index >= 15 is 0 Å². The van der Waals surface area contributed by atoms with Crippen LogP contribution < -0.4 is 0 Å². The van der Waals surface area contributed by atoms with Crippen LogP contribution in [-0.4, -0.2) is 0 Å². The van der Waals surface area contributed by atoms with E-state index in [1.807, 2.05) is 104 Å². The summed E-state index contributed by atoms with van der Waals surface area (Å²) in [6.45, 7) is 6.11. The van der Waals surface area contributed by atoms with Crippen LogP contribution >= 0.6 is 0 Å². The van der Waals surface area contributed by atoms with Crippen LogP contribution in [0.5, 0.6) is 0 Å². The number of halogens is 6. The van der Waals surface area contributed by atoms with Gasteiger partial charge in [0, 0.05) is 21.8 Å². The van der Waals surface area contributed by atoms with Crippen LogP contribution in [-0.2, 0) is 16.2 Å². The quantitative estimate of drug-likeness (QED) is 0.100. The van der Waals surface area contributed by atoms with Gasteiger partial charge in [0.25, 0.3) is 0 Å². The Hall–Kier alpha value is -7.44. The van der Waals surface area contributed by atoms with Crippen molar-refractivity contribution in [1.82, 2.24) is 0 Å². The normalized spacial score (nSPS) is 12.1. The van der Waals surface area contributed by atoms with Gasteiger partial charge in [-0.05, 0) is 132 Å². The molecule has 0 radical (unpaired) electrons. The third-order valence-electron chi connectivity index (χ3n) is 12.6. The van der Waals surface area contributed by atoms with Crippen molar-refractivity contribution in [2.45, 2.75) is 37.0 Å². The molecule has 9 aromatic carbocycles. The molecule has 6 heteroatoms. The summed E-state index contributed by atoms with van der Waals surface area (Å²) in [6, 6.07) is 68.6. The van der Waals surface area contributed by atoms with Gasteiger partial charge in [0.1, 0.15) is 34.9 Å². The van der Waals surface area contributed by atoms with Crippen molar-refractivity contribution in [3.63, 3.8) is 0 Å². The predicted octanol–water partition coefficient (Wildman–Crippen LogP) is 16.0. The van der Waals surface area contributed by atoms with E-state index in [1.54, 1.807) is 72.8 Å². The van der Waals surface area contributed by atoms with Gasteiger partial charge in [0.15, 0.2) is 0 Å². The molecule has 1 atom stereocenters. The van der Waals surface area contributed by atoms with Crippen LogP contribution in [0.4, 0.5) is 26.3 Å². The molecule has 66 heavy (non-hydrogen) atoms. The summed E-state index contributed by atoms with van der Waals surface area (Å²) in [5.41, 5.74) is 6.79. The maximum Gasteiger partial charge on any atom is 0.127 e. The van der Waals surface area contributed by atoms with Gasteiger partial charge in [-0.15, -0.1) is 0 Å². The van der Waals surface area contributed by atoms with E-state index in [0.29, 0.717) is 5.56 Å². The highest BCUT2D eigenvalue weighted by molar-refractivity contribution is 5.52. The maximum absolute atomic E-state index is 14.5. The van der Waals surface area contributed by atoms with E-state index in [-0.39, 0.29) is 34.9 Å². The molecule has 0 bridgehead atoms. The Labute approximate surface area is 383 Å². The fraction of sp³-hybridized carbons (Fsp3) is 0.100. The fourth-order valence-electron chi connectivity index (χ4n) is 8.57. The zero-order valence-corrected chi connectivity index (χ0v) is 36.8. The Balaban J connectivity index is 0.000000147. The zero-order chi connectivity index (χ0) is 46.7. The average Bonchev–Trinajstić information content (AvgIpc) is 3.36. The van der Waals surface area contributed by atoms with Crippen LogP contribution in [0.15, 0.2) is 237 Å². The molecule has 0 aliphatic heterocycles. The summed E-state index contributed by atoms with van der Waals surface area (Å²) < 4.78 is 80.9. The molecule has 9 rings (SSSR count). The first kappa shape index (κ1) is 46.5. The van der Waals surface area contributed by atoms with Gasteiger partial charge >= 0.3 is 0 Å². The van der Waals surface area contributed by atoms with E-state index in [9.17, 15) is 26.3 Å². The first-order chi connectivity index (χ1) is 31.8. The largest absolute Gasteiger partial charge is 0.207 e. The van der Waals surface area contributed by atoms with E-state index in [1.165, 1.54) is 66.7 Å². The molecule has 0 saturated carbocycles. The minimum atomic E-state index is -0.680. The standard InChI is InChI=1S/3C20H16F2/c1-20(15-7-3-2-4-8-15,16-11-13-17(21)14-12-16)18-9-5-6-10-19(18)22;2*1-20(15-5-3-2-4-6-15,16-7-11-18(21)12-8-16)17-9-13-19(22)14-10-17/h3*2-14H,1H3. The van der Waals surface area contributed by atoms with Gasteiger partial charge in [0.2, 0.25) is 0 Å². The second-order valence-electron chi connectivity index (χ2n) is 16.5. The topological polar surface area (TPSA) is 0 Å². The smallest absolute Gasteiger partial charge is 0.127 e. The molecule has 0 N–H and O–H groups in total. The molecule has 0 amide bonds. The first-order valence-electron chi connectivity index (χ1n) is 21.6. The zero-order valence-electron chi connectivity index (χ0n) is 36.8. The van der Waals surface area contributed by atoms with Crippen molar-refractivity contribution in [2.75, 3.05) is 0 Å². The third kappa shape index (κ3) is 10.1. The molecule has 1 unspecified atom stereocenters. The summed E-state index contributed by atoms with van der Waals surface area (Å²) in [7, 11) is 0. The summed E-state index contributed by atoms with van der Waals surface area (Å²) in [5, 5.41) is 0. The number of hydrogen-bond donors (Lipinski definition) is 0. The maximum atomic E-state index is 14.5. The summed E-state index contributed by atoms with van der Waals surface area (Å²) in [4.78, 5) is 0. The Bertz CT molecular complexity index is 2670. The van der Waals surface area contributed by atoms with Crippen molar-refractivity contribution in [3.05, 3.63) is 322 Å². The monoisotopic (exact) mass is 882 g/mol. The average molecular weight is 883 g/mol. The van der Waals surface area contributed by atoms with Gasteiger partial charge in [-0.2, -0.15) is 0 Å². The van der Waals surface area contributed by atoms with Crippen molar-refractivity contribution in [2.24, 2.45) is 0 Å². The molecule has 0 saturated heterocycles. The predicted molar refractivity (Wildman–Crippen MR) is 254 cm³/mol. The lowest BCUT2D eigenvalue weighted by atomic mass is 9.71. The van der Waals surface area contributed by atoms with Crippen LogP contribution in [0.3, 0.4) is 0 Å². The van der Waals surface area contributed by atoms with E-state index < -0.39 is 16.2 Å².